The summed E-state index contributed by atoms with van der Waals surface area (Å²) in [5.41, 5.74) is 2.12. The number of carbonyl (C=O) groups excluding carboxylic acids is 2. The SMILES string of the molecule is CCOC(=O)c1ccc(Nc2ccc(NC(=O)CC(C)C)nc2)cc1. The molecule has 132 valence electrons. The average molecular weight is 341 g/mol. The van der Waals surface area contributed by atoms with Crippen molar-refractivity contribution in [2.24, 2.45) is 5.92 Å². The van der Waals surface area contributed by atoms with Crippen molar-refractivity contribution in [2.45, 2.75) is 27.2 Å². The molecule has 2 N–H and O–H groups in total. The fraction of sp³-hybridized carbons (Fsp3) is 0.316. The molecular formula is C19H23N3O3. The quantitative estimate of drug-likeness (QED) is 0.744. The molecule has 2 aromatic rings. The summed E-state index contributed by atoms with van der Waals surface area (Å²) in [6.07, 6.45) is 2.11. The average Bonchev–Trinajstić information content (AvgIpc) is 2.57. The van der Waals surface area contributed by atoms with Gasteiger partial charge in [-0.1, -0.05) is 13.8 Å². The van der Waals surface area contributed by atoms with Crippen LogP contribution in [0.3, 0.4) is 0 Å². The van der Waals surface area contributed by atoms with Crippen LogP contribution in [0, 0.1) is 5.92 Å². The number of amides is 1. The third-order valence-electron chi connectivity index (χ3n) is 3.31. The standard InChI is InChI=1S/C19H23N3O3/c1-4-25-19(24)14-5-7-15(8-6-14)21-16-9-10-17(20-12-16)22-18(23)11-13(2)3/h5-10,12-13,21H,4,11H2,1-3H3,(H,20,22,23). The van der Waals surface area contributed by atoms with Gasteiger partial charge in [-0.05, 0) is 49.2 Å². The molecule has 0 aliphatic carbocycles. The first-order chi connectivity index (χ1) is 12.0. The van der Waals surface area contributed by atoms with Gasteiger partial charge in [0.1, 0.15) is 5.82 Å². The van der Waals surface area contributed by atoms with E-state index in [9.17, 15) is 9.59 Å². The maximum absolute atomic E-state index is 11.7. The molecule has 0 bridgehead atoms. The van der Waals surface area contributed by atoms with E-state index in [1.54, 1.807) is 43.5 Å². The van der Waals surface area contributed by atoms with Crippen LogP contribution in [0.2, 0.25) is 0 Å². The molecule has 1 aromatic heterocycles. The van der Waals surface area contributed by atoms with Crippen LogP contribution in [-0.2, 0) is 9.53 Å². The number of carbonyl (C=O) groups is 2. The summed E-state index contributed by atoms with van der Waals surface area (Å²) < 4.78 is 4.95. The molecule has 0 saturated carbocycles. The zero-order chi connectivity index (χ0) is 18.2. The maximum atomic E-state index is 11.7. The molecule has 0 aliphatic heterocycles. The monoisotopic (exact) mass is 341 g/mol. The second-order valence-electron chi connectivity index (χ2n) is 6.00. The Labute approximate surface area is 147 Å². The Morgan fingerprint density at radius 2 is 1.76 bits per heavy atom. The summed E-state index contributed by atoms with van der Waals surface area (Å²) in [5, 5.41) is 5.95. The normalized spacial score (nSPS) is 10.4. The molecule has 0 saturated heterocycles. The Bertz CT molecular complexity index is 710. The number of benzene rings is 1. The fourth-order valence-electron chi connectivity index (χ4n) is 2.18. The lowest BCUT2D eigenvalue weighted by molar-refractivity contribution is -0.116. The van der Waals surface area contributed by atoms with Gasteiger partial charge in [-0.15, -0.1) is 0 Å². The molecule has 6 heteroatoms. The summed E-state index contributed by atoms with van der Waals surface area (Å²) >= 11 is 0. The topological polar surface area (TPSA) is 80.3 Å². The molecule has 1 heterocycles. The van der Waals surface area contributed by atoms with Crippen LogP contribution in [0.1, 0.15) is 37.6 Å². The number of esters is 1. The molecule has 1 aromatic carbocycles. The molecule has 0 unspecified atom stereocenters. The Morgan fingerprint density at radius 1 is 1.08 bits per heavy atom. The lowest BCUT2D eigenvalue weighted by atomic mass is 10.1. The van der Waals surface area contributed by atoms with E-state index >= 15 is 0 Å². The van der Waals surface area contributed by atoms with Crippen molar-refractivity contribution in [1.29, 1.82) is 0 Å². The number of nitrogens with one attached hydrogen (secondary N) is 2. The van der Waals surface area contributed by atoms with Gasteiger partial charge < -0.3 is 15.4 Å². The Kier molecular flexibility index (Phi) is 6.51. The summed E-state index contributed by atoms with van der Waals surface area (Å²) in [6.45, 7) is 6.11. The van der Waals surface area contributed by atoms with E-state index in [1.165, 1.54) is 0 Å². The third kappa shape index (κ3) is 5.91. The summed E-state index contributed by atoms with van der Waals surface area (Å²) in [4.78, 5) is 27.6. The predicted molar refractivity (Wildman–Crippen MR) is 98.0 cm³/mol. The number of ether oxygens (including phenoxy) is 1. The van der Waals surface area contributed by atoms with Crippen molar-refractivity contribution < 1.29 is 14.3 Å². The summed E-state index contributed by atoms with van der Waals surface area (Å²) in [7, 11) is 0. The number of anilines is 3. The molecule has 6 nitrogen and oxygen atoms in total. The van der Waals surface area contributed by atoms with E-state index in [4.69, 9.17) is 4.74 Å². The van der Waals surface area contributed by atoms with Gasteiger partial charge >= 0.3 is 5.97 Å². The van der Waals surface area contributed by atoms with Crippen LogP contribution >= 0.6 is 0 Å². The molecule has 0 radical (unpaired) electrons. The smallest absolute Gasteiger partial charge is 0.338 e. The number of nitrogens with zero attached hydrogens (tertiary/aromatic N) is 1. The van der Waals surface area contributed by atoms with Gasteiger partial charge in [0.05, 0.1) is 24.1 Å². The van der Waals surface area contributed by atoms with Gasteiger partial charge in [0.25, 0.3) is 0 Å². The van der Waals surface area contributed by atoms with Gasteiger partial charge in [0.15, 0.2) is 0 Å². The van der Waals surface area contributed by atoms with Crippen molar-refractivity contribution in [1.82, 2.24) is 4.98 Å². The third-order valence-corrected chi connectivity index (χ3v) is 3.31. The van der Waals surface area contributed by atoms with Gasteiger partial charge in [0.2, 0.25) is 5.91 Å². The Hall–Kier alpha value is -2.89. The van der Waals surface area contributed by atoms with E-state index in [0.717, 1.165) is 11.4 Å². The van der Waals surface area contributed by atoms with E-state index < -0.39 is 0 Å². The highest BCUT2D eigenvalue weighted by Crippen LogP contribution is 2.18. The first kappa shape index (κ1) is 18.4. The summed E-state index contributed by atoms with van der Waals surface area (Å²) in [5.74, 6) is 0.447. The van der Waals surface area contributed by atoms with Crippen molar-refractivity contribution in [3.8, 4) is 0 Å². The van der Waals surface area contributed by atoms with E-state index in [0.29, 0.717) is 30.3 Å². The predicted octanol–water partition coefficient (Wildman–Crippen LogP) is 3.99. The molecular weight excluding hydrogens is 318 g/mol. The van der Waals surface area contributed by atoms with Crippen LogP contribution < -0.4 is 10.6 Å². The number of rotatable bonds is 7. The molecule has 0 spiro atoms. The molecule has 0 fully saturated rings. The molecule has 0 aliphatic rings. The lowest BCUT2D eigenvalue weighted by Gasteiger charge is -2.09. The van der Waals surface area contributed by atoms with Crippen molar-refractivity contribution in [3.05, 3.63) is 48.2 Å². The number of hydrogen-bond donors (Lipinski definition) is 2. The van der Waals surface area contributed by atoms with Gasteiger partial charge in [-0.3, -0.25) is 4.79 Å². The minimum absolute atomic E-state index is 0.0437. The van der Waals surface area contributed by atoms with E-state index in [1.807, 2.05) is 19.9 Å². The minimum atomic E-state index is -0.336. The second-order valence-corrected chi connectivity index (χ2v) is 6.00. The molecule has 0 atom stereocenters. The van der Waals surface area contributed by atoms with Gasteiger partial charge in [-0.25, -0.2) is 9.78 Å². The highest BCUT2D eigenvalue weighted by molar-refractivity contribution is 5.90. The second kappa shape index (κ2) is 8.82. The fourth-order valence-corrected chi connectivity index (χ4v) is 2.18. The Balaban J connectivity index is 1.94. The van der Waals surface area contributed by atoms with E-state index in [-0.39, 0.29) is 11.9 Å². The lowest BCUT2D eigenvalue weighted by Crippen LogP contribution is -2.14. The van der Waals surface area contributed by atoms with Gasteiger partial charge in [-0.2, -0.15) is 0 Å². The van der Waals surface area contributed by atoms with Crippen LogP contribution in [0.4, 0.5) is 17.2 Å². The van der Waals surface area contributed by atoms with Crippen molar-refractivity contribution >= 4 is 29.1 Å². The number of hydrogen-bond acceptors (Lipinski definition) is 5. The molecule has 1 amide bonds. The highest BCUT2D eigenvalue weighted by atomic mass is 16.5. The Morgan fingerprint density at radius 3 is 2.32 bits per heavy atom. The van der Waals surface area contributed by atoms with Gasteiger partial charge in [0, 0.05) is 12.1 Å². The highest BCUT2D eigenvalue weighted by Gasteiger charge is 2.07. The molecule has 25 heavy (non-hydrogen) atoms. The minimum Gasteiger partial charge on any atom is -0.462 e. The van der Waals surface area contributed by atoms with Crippen LogP contribution in [0.25, 0.3) is 0 Å². The van der Waals surface area contributed by atoms with Crippen LogP contribution in [-0.4, -0.2) is 23.5 Å². The van der Waals surface area contributed by atoms with Crippen molar-refractivity contribution in [2.75, 3.05) is 17.2 Å². The largest absolute Gasteiger partial charge is 0.462 e. The van der Waals surface area contributed by atoms with Crippen LogP contribution in [0.5, 0.6) is 0 Å². The molecule has 2 rings (SSSR count). The first-order valence-electron chi connectivity index (χ1n) is 8.28. The summed E-state index contributed by atoms with van der Waals surface area (Å²) in [6, 6.07) is 10.6. The first-order valence-corrected chi connectivity index (χ1v) is 8.28. The van der Waals surface area contributed by atoms with Crippen LogP contribution in [0.15, 0.2) is 42.6 Å². The zero-order valence-electron chi connectivity index (χ0n) is 14.7. The number of aromatic nitrogens is 1. The van der Waals surface area contributed by atoms with E-state index in [2.05, 4.69) is 15.6 Å². The van der Waals surface area contributed by atoms with Crippen molar-refractivity contribution in [3.63, 3.8) is 0 Å². The zero-order valence-corrected chi connectivity index (χ0v) is 14.7. The number of pyridine rings is 1. The maximum Gasteiger partial charge on any atom is 0.338 e.